The molecule has 0 aliphatic rings. The van der Waals surface area contributed by atoms with Crippen LogP contribution in [0.25, 0.3) is 0 Å². The Labute approximate surface area is 200 Å². The molecule has 6 nitrogen and oxygen atoms in total. The van der Waals surface area contributed by atoms with Gasteiger partial charge in [-0.15, -0.1) is 0 Å². The highest BCUT2D eigenvalue weighted by atomic mass is 19.1. The maximum absolute atomic E-state index is 13.5. The van der Waals surface area contributed by atoms with Crippen LogP contribution in [0, 0.1) is 11.2 Å². The van der Waals surface area contributed by atoms with Gasteiger partial charge in [0.15, 0.2) is 0 Å². The normalized spacial score (nSPS) is 11.2. The van der Waals surface area contributed by atoms with Crippen LogP contribution in [0.3, 0.4) is 0 Å². The van der Waals surface area contributed by atoms with Gasteiger partial charge < -0.3 is 19.5 Å². The van der Waals surface area contributed by atoms with Crippen LogP contribution in [0.1, 0.15) is 48.9 Å². The molecule has 1 aromatic heterocycles. The third-order valence-corrected chi connectivity index (χ3v) is 5.23. The minimum Gasteiger partial charge on any atom is -0.467 e. The molecule has 180 valence electrons. The summed E-state index contributed by atoms with van der Waals surface area (Å²) in [5.74, 6) is -0.159. The Kier molecular flexibility index (Phi) is 7.76. The van der Waals surface area contributed by atoms with Gasteiger partial charge in [-0.3, -0.25) is 9.59 Å². The number of nitrogens with zero attached hydrogens (tertiary/aromatic N) is 2. The molecule has 0 radical (unpaired) electrons. The molecule has 0 aliphatic carbocycles. The lowest BCUT2D eigenvalue weighted by Gasteiger charge is -2.28. The Morgan fingerprint density at radius 1 is 1.00 bits per heavy atom. The van der Waals surface area contributed by atoms with Gasteiger partial charge in [0.2, 0.25) is 5.91 Å². The van der Waals surface area contributed by atoms with E-state index in [1.165, 1.54) is 18.2 Å². The topological polar surface area (TPSA) is 65.8 Å². The highest BCUT2D eigenvalue weighted by molar-refractivity contribution is 6.04. The molecule has 1 heterocycles. The van der Waals surface area contributed by atoms with Crippen LogP contribution < -0.4 is 10.2 Å². The second-order valence-electron chi connectivity index (χ2n) is 9.77. The number of benzene rings is 2. The zero-order chi connectivity index (χ0) is 24.9. The molecule has 0 spiro atoms. The number of furan rings is 1. The molecule has 0 saturated heterocycles. The third-order valence-electron chi connectivity index (χ3n) is 5.23. The van der Waals surface area contributed by atoms with Crippen LogP contribution in [-0.2, 0) is 17.9 Å². The van der Waals surface area contributed by atoms with Gasteiger partial charge in [-0.2, -0.15) is 0 Å². The van der Waals surface area contributed by atoms with Crippen LogP contribution in [0.4, 0.5) is 15.8 Å². The number of carbonyl (C=O) groups excluding carboxylic acids is 2. The van der Waals surface area contributed by atoms with E-state index in [-0.39, 0.29) is 16.9 Å². The fraction of sp³-hybridized carbons (Fsp3) is 0.333. The van der Waals surface area contributed by atoms with Crippen molar-refractivity contribution in [3.05, 3.63) is 83.6 Å². The van der Waals surface area contributed by atoms with Crippen molar-refractivity contribution in [1.29, 1.82) is 0 Å². The molecule has 0 atom stereocenters. The van der Waals surface area contributed by atoms with Crippen molar-refractivity contribution in [1.82, 2.24) is 4.90 Å². The van der Waals surface area contributed by atoms with Crippen LogP contribution in [0.5, 0.6) is 0 Å². The van der Waals surface area contributed by atoms with E-state index in [1.807, 2.05) is 58.0 Å². The van der Waals surface area contributed by atoms with E-state index in [9.17, 15) is 14.0 Å². The van der Waals surface area contributed by atoms with Crippen molar-refractivity contribution in [2.45, 2.75) is 40.3 Å². The number of hydrogen-bond acceptors (Lipinski definition) is 4. The Morgan fingerprint density at radius 2 is 1.76 bits per heavy atom. The maximum atomic E-state index is 13.5. The average molecular weight is 466 g/mol. The maximum Gasteiger partial charge on any atom is 0.255 e. The summed E-state index contributed by atoms with van der Waals surface area (Å²) in [5, 5.41) is 2.83. The lowest BCUT2D eigenvalue weighted by Crippen LogP contribution is -2.33. The summed E-state index contributed by atoms with van der Waals surface area (Å²) in [6, 6.07) is 14.7. The smallest absolute Gasteiger partial charge is 0.255 e. The molecule has 0 aliphatic heterocycles. The van der Waals surface area contributed by atoms with E-state index in [0.717, 1.165) is 11.3 Å². The largest absolute Gasteiger partial charge is 0.467 e. The average Bonchev–Trinajstić information content (AvgIpc) is 3.25. The molecule has 0 unspecified atom stereocenters. The Morgan fingerprint density at radius 3 is 2.38 bits per heavy atom. The first-order valence-corrected chi connectivity index (χ1v) is 11.2. The molecule has 0 saturated carbocycles. The van der Waals surface area contributed by atoms with E-state index in [4.69, 9.17) is 4.42 Å². The summed E-state index contributed by atoms with van der Waals surface area (Å²) in [7, 11) is 3.86. The minimum atomic E-state index is -0.470. The number of nitrogens with one attached hydrogen (secondary N) is 1. The highest BCUT2D eigenvalue weighted by Crippen LogP contribution is 2.27. The molecule has 0 bridgehead atoms. The molecule has 2 amide bonds. The van der Waals surface area contributed by atoms with Gasteiger partial charge in [-0.05, 0) is 59.5 Å². The molecule has 3 rings (SSSR count). The summed E-state index contributed by atoms with van der Waals surface area (Å²) in [6.45, 7) is 6.78. The number of halogens is 1. The number of hydrogen-bond donors (Lipinski definition) is 1. The zero-order valence-electron chi connectivity index (χ0n) is 20.4. The summed E-state index contributed by atoms with van der Waals surface area (Å²) in [6.07, 6.45) is 1.98. The molecular formula is C27H32FN3O3. The second-order valence-corrected chi connectivity index (χ2v) is 9.77. The molecule has 34 heavy (non-hydrogen) atoms. The van der Waals surface area contributed by atoms with Crippen molar-refractivity contribution in [3.63, 3.8) is 0 Å². The number of amides is 2. The molecule has 2 aromatic carbocycles. The number of rotatable bonds is 8. The van der Waals surface area contributed by atoms with E-state index in [0.29, 0.717) is 31.0 Å². The lowest BCUT2D eigenvalue weighted by atomic mass is 9.91. The zero-order valence-corrected chi connectivity index (χ0v) is 20.4. The first kappa shape index (κ1) is 25.0. The molecule has 7 heteroatoms. The minimum absolute atomic E-state index is 0.0165. The van der Waals surface area contributed by atoms with Gasteiger partial charge in [-0.25, -0.2) is 4.39 Å². The van der Waals surface area contributed by atoms with Crippen molar-refractivity contribution < 1.29 is 18.4 Å². The lowest BCUT2D eigenvalue weighted by molar-refractivity contribution is -0.134. The van der Waals surface area contributed by atoms with Crippen molar-refractivity contribution in [2.75, 3.05) is 24.3 Å². The summed E-state index contributed by atoms with van der Waals surface area (Å²) in [4.78, 5) is 29.6. The Hall–Kier alpha value is -3.61. The molecule has 0 fully saturated rings. The van der Waals surface area contributed by atoms with E-state index in [2.05, 4.69) is 5.32 Å². The van der Waals surface area contributed by atoms with Crippen molar-refractivity contribution in [2.24, 2.45) is 5.41 Å². The molecule has 3 aromatic rings. The van der Waals surface area contributed by atoms with Gasteiger partial charge in [0, 0.05) is 44.0 Å². The first-order valence-electron chi connectivity index (χ1n) is 11.2. The van der Waals surface area contributed by atoms with Crippen molar-refractivity contribution in [3.8, 4) is 0 Å². The van der Waals surface area contributed by atoms with Crippen LogP contribution in [0.15, 0.2) is 65.3 Å². The van der Waals surface area contributed by atoms with Crippen LogP contribution >= 0.6 is 0 Å². The fourth-order valence-electron chi connectivity index (χ4n) is 3.65. The van der Waals surface area contributed by atoms with Crippen LogP contribution in [-0.4, -0.2) is 30.8 Å². The predicted octanol–water partition coefficient (Wildman–Crippen LogP) is 5.70. The Balaban J connectivity index is 1.89. The first-order chi connectivity index (χ1) is 16.0. The van der Waals surface area contributed by atoms with E-state index in [1.54, 1.807) is 29.4 Å². The van der Waals surface area contributed by atoms with Gasteiger partial charge >= 0.3 is 0 Å². The van der Waals surface area contributed by atoms with Crippen molar-refractivity contribution >= 4 is 23.2 Å². The van der Waals surface area contributed by atoms with E-state index < -0.39 is 11.7 Å². The monoisotopic (exact) mass is 465 g/mol. The van der Waals surface area contributed by atoms with Gasteiger partial charge in [0.1, 0.15) is 11.6 Å². The quantitative estimate of drug-likeness (QED) is 0.463. The summed E-state index contributed by atoms with van der Waals surface area (Å²) in [5.41, 5.74) is 2.44. The number of anilines is 2. The predicted molar refractivity (Wildman–Crippen MR) is 132 cm³/mol. The van der Waals surface area contributed by atoms with Gasteiger partial charge in [0.25, 0.3) is 5.91 Å². The standard InChI is InChI=1S/C27H32FN3O3/c1-27(2,3)16-25(32)31(18-23-10-7-13-34-23)17-20-15-22(11-12-24(20)30(4)5)29-26(33)19-8-6-9-21(28)14-19/h6-15H,16-18H2,1-5H3,(H,29,33). The molecular weight excluding hydrogens is 433 g/mol. The number of carbonyl (C=O) groups is 2. The Bertz CT molecular complexity index is 1130. The SMILES string of the molecule is CN(C)c1ccc(NC(=O)c2cccc(F)c2)cc1CN(Cc1ccco1)C(=O)CC(C)(C)C. The second kappa shape index (κ2) is 10.5. The van der Waals surface area contributed by atoms with Gasteiger partial charge in [0.05, 0.1) is 12.8 Å². The third kappa shape index (κ3) is 6.94. The molecule has 1 N–H and O–H groups in total. The van der Waals surface area contributed by atoms with E-state index >= 15 is 0 Å². The summed E-state index contributed by atoms with van der Waals surface area (Å²) >= 11 is 0. The van der Waals surface area contributed by atoms with Gasteiger partial charge in [-0.1, -0.05) is 26.8 Å². The highest BCUT2D eigenvalue weighted by Gasteiger charge is 2.23. The summed E-state index contributed by atoms with van der Waals surface area (Å²) < 4.78 is 19.0. The van der Waals surface area contributed by atoms with Crippen LogP contribution in [0.2, 0.25) is 0 Å². The fourth-order valence-corrected chi connectivity index (χ4v) is 3.65.